The van der Waals surface area contributed by atoms with Gasteiger partial charge in [-0.25, -0.2) is 4.99 Å². The molecule has 2 N–H and O–H groups in total. The maximum atomic E-state index is 6.13. The van der Waals surface area contributed by atoms with Gasteiger partial charge >= 0.3 is 0 Å². The van der Waals surface area contributed by atoms with Crippen LogP contribution in [0.5, 0.6) is 0 Å². The lowest BCUT2D eigenvalue weighted by atomic mass is 10.2. The van der Waals surface area contributed by atoms with Crippen LogP contribution in [0.25, 0.3) is 0 Å². The van der Waals surface area contributed by atoms with Crippen LogP contribution >= 0.6 is 47.2 Å². The predicted octanol–water partition coefficient (Wildman–Crippen LogP) is 3.85. The van der Waals surface area contributed by atoms with Gasteiger partial charge in [0.05, 0.1) is 13.1 Å². The molecule has 0 radical (unpaired) electrons. The highest BCUT2D eigenvalue weighted by molar-refractivity contribution is 14.0. The molecule has 0 saturated carbocycles. The number of rotatable bonds is 5. The Bertz CT molecular complexity index is 605. The highest BCUT2D eigenvalue weighted by atomic mass is 127. The van der Waals surface area contributed by atoms with Crippen molar-refractivity contribution in [1.82, 2.24) is 15.8 Å². The number of nitrogens with one attached hydrogen (secondary N) is 2. The maximum absolute atomic E-state index is 6.13. The Kier molecular flexibility index (Phi) is 8.59. The maximum Gasteiger partial charge on any atom is 0.191 e. The molecule has 1 aromatic heterocycles. The molecule has 0 saturated heterocycles. The van der Waals surface area contributed by atoms with Crippen LogP contribution < -0.4 is 10.6 Å². The van der Waals surface area contributed by atoms with E-state index >= 15 is 0 Å². The van der Waals surface area contributed by atoms with Crippen LogP contribution in [0.15, 0.2) is 40.0 Å². The van der Waals surface area contributed by atoms with E-state index in [2.05, 4.69) is 20.8 Å². The Balaban J connectivity index is 0.00000242. The third-order valence-corrected chi connectivity index (χ3v) is 3.28. The molecule has 0 fully saturated rings. The molecule has 8 heteroatoms. The van der Waals surface area contributed by atoms with Gasteiger partial charge in [-0.1, -0.05) is 34.4 Å². The van der Waals surface area contributed by atoms with Crippen LogP contribution in [0.3, 0.4) is 0 Å². The van der Waals surface area contributed by atoms with Crippen LogP contribution in [0.1, 0.15) is 18.2 Å². The van der Waals surface area contributed by atoms with Crippen molar-refractivity contribution in [3.63, 3.8) is 0 Å². The second-order valence-electron chi connectivity index (χ2n) is 4.28. The quantitative estimate of drug-likeness (QED) is 0.409. The van der Waals surface area contributed by atoms with Gasteiger partial charge in [0.2, 0.25) is 0 Å². The summed E-state index contributed by atoms with van der Waals surface area (Å²) in [6.45, 7) is 3.77. The first-order valence-corrected chi connectivity index (χ1v) is 7.30. The standard InChI is InChI=1S/C14H16Cl2N4O.HI/c1-2-17-14(19-9-12-5-6-21-20-12)18-8-10-3-4-11(15)7-13(10)16;/h3-7H,2,8-9H2,1H3,(H2,17,18,19);1H. The van der Waals surface area contributed by atoms with Crippen molar-refractivity contribution in [3.8, 4) is 0 Å². The lowest BCUT2D eigenvalue weighted by molar-refractivity contribution is 0.410. The summed E-state index contributed by atoms with van der Waals surface area (Å²) in [5.74, 6) is 0.687. The monoisotopic (exact) mass is 454 g/mol. The minimum atomic E-state index is 0. The largest absolute Gasteiger partial charge is 0.364 e. The molecule has 2 rings (SSSR count). The Morgan fingerprint density at radius 2 is 2.09 bits per heavy atom. The molecular formula is C14H17Cl2IN4O. The zero-order valence-corrected chi connectivity index (χ0v) is 15.8. The fourth-order valence-electron chi connectivity index (χ4n) is 1.66. The summed E-state index contributed by atoms with van der Waals surface area (Å²) >= 11 is 12.0. The number of benzene rings is 1. The van der Waals surface area contributed by atoms with Crippen molar-refractivity contribution in [2.75, 3.05) is 6.54 Å². The Hall–Kier alpha value is -0.990. The molecule has 22 heavy (non-hydrogen) atoms. The summed E-state index contributed by atoms with van der Waals surface area (Å²) in [6.07, 6.45) is 1.54. The van der Waals surface area contributed by atoms with Crippen molar-refractivity contribution in [1.29, 1.82) is 0 Å². The smallest absolute Gasteiger partial charge is 0.191 e. The number of guanidine groups is 1. The van der Waals surface area contributed by atoms with Crippen molar-refractivity contribution in [3.05, 3.63) is 51.8 Å². The molecule has 1 heterocycles. The average molecular weight is 455 g/mol. The van der Waals surface area contributed by atoms with Crippen LogP contribution in [-0.4, -0.2) is 17.7 Å². The highest BCUT2D eigenvalue weighted by Crippen LogP contribution is 2.21. The van der Waals surface area contributed by atoms with E-state index in [0.717, 1.165) is 17.8 Å². The molecule has 0 spiro atoms. The van der Waals surface area contributed by atoms with E-state index in [4.69, 9.17) is 27.7 Å². The minimum absolute atomic E-state index is 0. The minimum Gasteiger partial charge on any atom is -0.364 e. The molecule has 0 aliphatic carbocycles. The van der Waals surface area contributed by atoms with Gasteiger partial charge in [-0.05, 0) is 24.6 Å². The molecule has 0 unspecified atom stereocenters. The average Bonchev–Trinajstić information content (AvgIpc) is 2.96. The zero-order chi connectivity index (χ0) is 15.1. The van der Waals surface area contributed by atoms with Gasteiger partial charge < -0.3 is 15.2 Å². The first-order chi connectivity index (χ1) is 10.2. The van der Waals surface area contributed by atoms with Gasteiger partial charge in [-0.15, -0.1) is 24.0 Å². The molecule has 0 amide bonds. The van der Waals surface area contributed by atoms with Crippen molar-refractivity contribution in [2.24, 2.45) is 4.99 Å². The number of hydrogen-bond donors (Lipinski definition) is 2. The van der Waals surface area contributed by atoms with Gasteiger partial charge in [0, 0.05) is 22.7 Å². The third-order valence-electron chi connectivity index (χ3n) is 2.70. The van der Waals surface area contributed by atoms with Crippen molar-refractivity contribution < 1.29 is 4.52 Å². The zero-order valence-electron chi connectivity index (χ0n) is 12.0. The summed E-state index contributed by atoms with van der Waals surface area (Å²) in [7, 11) is 0. The van der Waals surface area contributed by atoms with E-state index in [0.29, 0.717) is 29.1 Å². The topological polar surface area (TPSA) is 62.5 Å². The van der Waals surface area contributed by atoms with E-state index < -0.39 is 0 Å². The van der Waals surface area contributed by atoms with E-state index in [1.54, 1.807) is 18.2 Å². The van der Waals surface area contributed by atoms with Crippen LogP contribution in [0.4, 0.5) is 0 Å². The number of halogens is 3. The molecule has 0 aliphatic heterocycles. The van der Waals surface area contributed by atoms with Gasteiger partial charge in [-0.2, -0.15) is 0 Å². The van der Waals surface area contributed by atoms with E-state index in [-0.39, 0.29) is 24.0 Å². The third kappa shape index (κ3) is 6.02. The fourth-order valence-corrected chi connectivity index (χ4v) is 2.13. The summed E-state index contributed by atoms with van der Waals surface area (Å²) in [5, 5.41) is 11.4. The molecule has 0 bridgehead atoms. The number of aliphatic imine (C=N–C) groups is 1. The lowest BCUT2D eigenvalue weighted by Gasteiger charge is -2.10. The molecule has 0 atom stereocenters. The van der Waals surface area contributed by atoms with Crippen molar-refractivity contribution >= 4 is 53.1 Å². The number of aromatic nitrogens is 1. The molecule has 0 aliphatic rings. The highest BCUT2D eigenvalue weighted by Gasteiger charge is 2.03. The van der Waals surface area contributed by atoms with Crippen LogP contribution in [-0.2, 0) is 13.1 Å². The molecule has 120 valence electrons. The number of hydrogen-bond acceptors (Lipinski definition) is 3. The predicted molar refractivity (Wildman–Crippen MR) is 100 cm³/mol. The second kappa shape index (κ2) is 9.91. The first kappa shape index (κ1) is 19.1. The van der Waals surface area contributed by atoms with Crippen LogP contribution in [0.2, 0.25) is 10.0 Å². The second-order valence-corrected chi connectivity index (χ2v) is 5.12. The Morgan fingerprint density at radius 3 is 2.73 bits per heavy atom. The van der Waals surface area contributed by atoms with Crippen LogP contribution in [0, 0.1) is 0 Å². The fraction of sp³-hybridized carbons (Fsp3) is 0.286. The Labute approximate surface area is 156 Å². The Morgan fingerprint density at radius 1 is 1.27 bits per heavy atom. The van der Waals surface area contributed by atoms with Gasteiger partial charge in [0.15, 0.2) is 5.96 Å². The SMILES string of the molecule is CCNC(=NCc1ccc(Cl)cc1Cl)NCc1ccon1.I. The molecule has 1 aromatic carbocycles. The van der Waals surface area contributed by atoms with Gasteiger partial charge in [0.25, 0.3) is 0 Å². The van der Waals surface area contributed by atoms with E-state index in [1.165, 1.54) is 6.26 Å². The summed E-state index contributed by atoms with van der Waals surface area (Å²) < 4.78 is 4.78. The normalized spacial score (nSPS) is 11.0. The lowest BCUT2D eigenvalue weighted by Crippen LogP contribution is -2.36. The molecular weight excluding hydrogens is 438 g/mol. The van der Waals surface area contributed by atoms with E-state index in [9.17, 15) is 0 Å². The van der Waals surface area contributed by atoms with Crippen molar-refractivity contribution in [2.45, 2.75) is 20.0 Å². The summed E-state index contributed by atoms with van der Waals surface area (Å²) in [5.41, 5.74) is 1.73. The van der Waals surface area contributed by atoms with Gasteiger partial charge in [-0.3, -0.25) is 0 Å². The number of nitrogens with zero attached hydrogens (tertiary/aromatic N) is 2. The van der Waals surface area contributed by atoms with Gasteiger partial charge in [0.1, 0.15) is 12.0 Å². The summed E-state index contributed by atoms with van der Waals surface area (Å²) in [6, 6.07) is 7.18. The summed E-state index contributed by atoms with van der Waals surface area (Å²) in [4.78, 5) is 4.48. The first-order valence-electron chi connectivity index (χ1n) is 6.54. The molecule has 2 aromatic rings. The molecule has 5 nitrogen and oxygen atoms in total. The van der Waals surface area contributed by atoms with E-state index in [1.807, 2.05) is 13.0 Å².